The topological polar surface area (TPSA) is 27.0 Å². The van der Waals surface area contributed by atoms with E-state index in [1.807, 2.05) is 19.9 Å². The number of hydrogen-bond donors (Lipinski definition) is 0. The molecule has 1 fully saturated rings. The van der Waals surface area contributed by atoms with Gasteiger partial charge in [0, 0.05) is 0 Å². The lowest BCUT2D eigenvalue weighted by Crippen LogP contribution is -2.15. The fourth-order valence-electron chi connectivity index (χ4n) is 1.07. The van der Waals surface area contributed by atoms with Crippen molar-refractivity contribution in [3.05, 3.63) is 36.5 Å². The number of allylic oxidation sites excluding steroid dienone is 4. The van der Waals surface area contributed by atoms with Gasteiger partial charge in [0.15, 0.2) is 0 Å². The van der Waals surface area contributed by atoms with Gasteiger partial charge >= 0.3 is 0 Å². The molecule has 17 heavy (non-hydrogen) atoms. The third-order valence-corrected chi connectivity index (χ3v) is 2.32. The Kier molecular flexibility index (Phi) is 11.9. The zero-order chi connectivity index (χ0) is 13.8. The summed E-state index contributed by atoms with van der Waals surface area (Å²) >= 11 is 0. The van der Waals surface area contributed by atoms with Gasteiger partial charge < -0.3 is 4.90 Å². The minimum atomic E-state index is 0.0745. The molecule has 1 aliphatic rings. The van der Waals surface area contributed by atoms with Crippen molar-refractivity contribution in [1.82, 2.24) is 4.90 Å². The Labute approximate surface area is 107 Å². The van der Waals surface area contributed by atoms with Crippen LogP contribution in [0, 0.1) is 17.2 Å². The first-order chi connectivity index (χ1) is 8.06. The molecular weight excluding hydrogens is 208 g/mol. The van der Waals surface area contributed by atoms with Crippen LogP contribution in [0.25, 0.3) is 0 Å². The van der Waals surface area contributed by atoms with Gasteiger partial charge in [0.05, 0.1) is 12.0 Å². The van der Waals surface area contributed by atoms with Crippen molar-refractivity contribution >= 4 is 0 Å². The first kappa shape index (κ1) is 18.0. The van der Waals surface area contributed by atoms with E-state index < -0.39 is 0 Å². The van der Waals surface area contributed by atoms with Gasteiger partial charge in [0.25, 0.3) is 0 Å². The maximum atomic E-state index is 8.53. The summed E-state index contributed by atoms with van der Waals surface area (Å²) in [4.78, 5) is 2.12. The molecule has 0 saturated heterocycles. The highest BCUT2D eigenvalue weighted by molar-refractivity contribution is 5.46. The van der Waals surface area contributed by atoms with Crippen LogP contribution in [0.4, 0.5) is 0 Å². The molecule has 2 nitrogen and oxygen atoms in total. The van der Waals surface area contributed by atoms with Crippen molar-refractivity contribution < 1.29 is 0 Å². The van der Waals surface area contributed by atoms with Crippen LogP contribution in [-0.4, -0.2) is 25.5 Å². The summed E-state index contributed by atoms with van der Waals surface area (Å²) in [6, 6.07) is 2.19. The van der Waals surface area contributed by atoms with E-state index in [2.05, 4.69) is 45.1 Å². The Morgan fingerprint density at radius 1 is 1.47 bits per heavy atom. The lowest BCUT2D eigenvalue weighted by atomic mass is 9.76. The molecule has 0 N–H and O–H groups in total. The summed E-state index contributed by atoms with van der Waals surface area (Å²) in [5, 5.41) is 8.53. The van der Waals surface area contributed by atoms with Gasteiger partial charge in [-0.05, 0) is 38.2 Å². The summed E-state index contributed by atoms with van der Waals surface area (Å²) < 4.78 is 0. The number of hydrogen-bond acceptors (Lipinski definition) is 2. The van der Waals surface area contributed by atoms with E-state index >= 15 is 0 Å². The van der Waals surface area contributed by atoms with E-state index in [1.54, 1.807) is 6.08 Å². The largest absolute Gasteiger partial charge is 0.310 e. The summed E-state index contributed by atoms with van der Waals surface area (Å²) in [5.74, 6) is 0.0745. The minimum absolute atomic E-state index is 0.0745. The maximum absolute atomic E-state index is 8.53. The summed E-state index contributed by atoms with van der Waals surface area (Å²) in [6.07, 6.45) is 4.39. The van der Waals surface area contributed by atoms with Gasteiger partial charge in [-0.1, -0.05) is 46.1 Å². The van der Waals surface area contributed by atoms with E-state index in [1.165, 1.54) is 0 Å². The Morgan fingerprint density at radius 3 is 2.18 bits per heavy atom. The lowest BCUT2D eigenvalue weighted by Gasteiger charge is -2.26. The molecule has 0 aromatic heterocycles. The standard InChI is InChI=1S/C9H9N.C4H11N.C2H6/c1-3-4-9-7(2)5-8(9)6-10;1-4-5(2)3;1-2/h3-4,8H,1-2,5H2;4H2,1-3H3;1-2H3/b9-4+;;. The quantitative estimate of drug-likeness (QED) is 0.727. The van der Waals surface area contributed by atoms with Crippen molar-refractivity contribution in [3.63, 3.8) is 0 Å². The molecule has 1 aliphatic carbocycles. The van der Waals surface area contributed by atoms with Gasteiger partial charge in [-0.2, -0.15) is 5.26 Å². The SMILES string of the molecule is C=C/C=C1\C(=C)CC1C#N.CC.CCN(C)C. The highest BCUT2D eigenvalue weighted by Gasteiger charge is 2.26. The van der Waals surface area contributed by atoms with E-state index in [4.69, 9.17) is 5.26 Å². The molecule has 0 aromatic carbocycles. The molecule has 0 spiro atoms. The average Bonchev–Trinajstić information content (AvgIpc) is 2.36. The fourth-order valence-corrected chi connectivity index (χ4v) is 1.07. The second-order valence-corrected chi connectivity index (χ2v) is 3.74. The number of nitrogens with zero attached hydrogens (tertiary/aromatic N) is 2. The molecule has 1 saturated carbocycles. The minimum Gasteiger partial charge on any atom is -0.310 e. The highest BCUT2D eigenvalue weighted by atomic mass is 15.0. The van der Waals surface area contributed by atoms with Crippen molar-refractivity contribution in [2.75, 3.05) is 20.6 Å². The van der Waals surface area contributed by atoms with Crippen LogP contribution in [0.15, 0.2) is 36.5 Å². The van der Waals surface area contributed by atoms with E-state index in [-0.39, 0.29) is 5.92 Å². The van der Waals surface area contributed by atoms with Crippen molar-refractivity contribution in [2.24, 2.45) is 5.92 Å². The van der Waals surface area contributed by atoms with E-state index in [0.717, 1.165) is 24.1 Å². The third-order valence-electron chi connectivity index (χ3n) is 2.32. The molecule has 96 valence electrons. The molecule has 1 atom stereocenters. The summed E-state index contributed by atoms with van der Waals surface area (Å²) in [5.41, 5.74) is 2.13. The predicted octanol–water partition coefficient (Wildman–Crippen LogP) is 3.79. The first-order valence-electron chi connectivity index (χ1n) is 6.11. The van der Waals surface area contributed by atoms with Gasteiger partial charge in [0.2, 0.25) is 0 Å². The van der Waals surface area contributed by atoms with Gasteiger partial charge in [0.1, 0.15) is 0 Å². The van der Waals surface area contributed by atoms with Crippen LogP contribution in [0.3, 0.4) is 0 Å². The maximum Gasteiger partial charge on any atom is 0.0755 e. The first-order valence-corrected chi connectivity index (χ1v) is 6.11. The van der Waals surface area contributed by atoms with Crippen molar-refractivity contribution in [2.45, 2.75) is 27.2 Å². The summed E-state index contributed by atoms with van der Waals surface area (Å²) in [7, 11) is 4.11. The van der Waals surface area contributed by atoms with Crippen molar-refractivity contribution in [1.29, 1.82) is 5.26 Å². The summed E-state index contributed by atoms with van der Waals surface area (Å²) in [6.45, 7) is 14.6. The zero-order valence-corrected chi connectivity index (χ0v) is 12.0. The van der Waals surface area contributed by atoms with Crippen LogP contribution in [-0.2, 0) is 0 Å². The molecular formula is C15H26N2. The lowest BCUT2D eigenvalue weighted by molar-refractivity contribution is 0.434. The second-order valence-electron chi connectivity index (χ2n) is 3.74. The van der Waals surface area contributed by atoms with Gasteiger partial charge in [-0.25, -0.2) is 0 Å². The highest BCUT2D eigenvalue weighted by Crippen LogP contribution is 2.37. The van der Waals surface area contributed by atoms with Crippen LogP contribution in [0.2, 0.25) is 0 Å². The zero-order valence-electron chi connectivity index (χ0n) is 12.0. The Bertz CT molecular complexity index is 293. The average molecular weight is 234 g/mol. The van der Waals surface area contributed by atoms with E-state index in [9.17, 15) is 0 Å². The van der Waals surface area contributed by atoms with Crippen molar-refractivity contribution in [3.8, 4) is 6.07 Å². The molecule has 0 radical (unpaired) electrons. The third kappa shape index (κ3) is 7.54. The van der Waals surface area contributed by atoms with Crippen LogP contribution in [0.5, 0.6) is 0 Å². The van der Waals surface area contributed by atoms with Gasteiger partial charge in [-0.3, -0.25) is 0 Å². The molecule has 1 unspecified atom stereocenters. The Hall–Kier alpha value is -1.33. The predicted molar refractivity (Wildman–Crippen MR) is 76.7 cm³/mol. The van der Waals surface area contributed by atoms with Crippen LogP contribution in [0.1, 0.15) is 27.2 Å². The second kappa shape index (κ2) is 11.2. The molecule has 0 amide bonds. The fraction of sp³-hybridized carbons (Fsp3) is 0.533. The normalized spacial score (nSPS) is 19.2. The molecule has 0 aromatic rings. The molecule has 1 rings (SSSR count). The molecule has 0 aliphatic heterocycles. The smallest absolute Gasteiger partial charge is 0.0755 e. The van der Waals surface area contributed by atoms with E-state index in [0.29, 0.717) is 0 Å². The monoisotopic (exact) mass is 234 g/mol. The van der Waals surface area contributed by atoms with Crippen LogP contribution < -0.4 is 0 Å². The molecule has 0 bridgehead atoms. The number of rotatable bonds is 2. The number of nitriles is 1. The molecule has 0 heterocycles. The molecule has 2 heteroatoms. The van der Waals surface area contributed by atoms with Crippen LogP contribution >= 0.6 is 0 Å². The Morgan fingerprint density at radius 2 is 1.94 bits per heavy atom. The Balaban J connectivity index is 0. The van der Waals surface area contributed by atoms with Gasteiger partial charge in [-0.15, -0.1) is 0 Å².